The highest BCUT2D eigenvalue weighted by atomic mass is 35.5. The number of nitrogens with zero attached hydrogens (tertiary/aromatic N) is 2. The van der Waals surface area contributed by atoms with Gasteiger partial charge >= 0.3 is 0 Å². The third-order valence-electron chi connectivity index (χ3n) is 7.41. The number of carbonyl (C=O) groups excluding carboxylic acids is 2. The SMILES string of the molecule is CC[C@H](C)NC(=O)[C@H](Cc1ccccc1)N(Cc1ccc(Cl)cc1Cl)C(=O)CN(c1cc(Cl)ccc1Cl)S(=O)(=O)c1ccccc1. The molecule has 0 aromatic heterocycles. The van der Waals surface area contributed by atoms with Gasteiger partial charge in [-0.1, -0.05) is 108 Å². The molecule has 12 heteroatoms. The van der Waals surface area contributed by atoms with Gasteiger partial charge in [-0.05, 0) is 66.9 Å². The molecule has 0 aliphatic rings. The van der Waals surface area contributed by atoms with Crippen molar-refractivity contribution in [3.05, 3.63) is 128 Å². The van der Waals surface area contributed by atoms with E-state index in [-0.39, 0.29) is 44.7 Å². The second-order valence-electron chi connectivity index (χ2n) is 10.7. The van der Waals surface area contributed by atoms with Crippen LogP contribution in [0, 0.1) is 0 Å². The molecule has 2 atom stereocenters. The van der Waals surface area contributed by atoms with Crippen molar-refractivity contribution in [1.82, 2.24) is 10.2 Å². The molecule has 0 aliphatic heterocycles. The summed E-state index contributed by atoms with van der Waals surface area (Å²) in [6.07, 6.45) is 0.820. The Bertz CT molecular complexity index is 1780. The van der Waals surface area contributed by atoms with Crippen LogP contribution in [0.25, 0.3) is 0 Å². The Kier molecular flexibility index (Phi) is 12.4. The molecule has 4 aromatic carbocycles. The predicted molar refractivity (Wildman–Crippen MR) is 186 cm³/mol. The fraction of sp³-hybridized carbons (Fsp3) is 0.235. The molecule has 0 radical (unpaired) electrons. The van der Waals surface area contributed by atoms with Crippen LogP contribution in [0.3, 0.4) is 0 Å². The minimum Gasteiger partial charge on any atom is -0.352 e. The van der Waals surface area contributed by atoms with E-state index in [1.165, 1.54) is 35.2 Å². The van der Waals surface area contributed by atoms with Crippen molar-refractivity contribution < 1.29 is 18.0 Å². The van der Waals surface area contributed by atoms with Gasteiger partial charge in [0.25, 0.3) is 10.0 Å². The zero-order valence-electron chi connectivity index (χ0n) is 25.2. The van der Waals surface area contributed by atoms with Crippen molar-refractivity contribution in [1.29, 1.82) is 0 Å². The molecule has 0 spiro atoms. The molecule has 0 saturated heterocycles. The largest absolute Gasteiger partial charge is 0.352 e. The number of carbonyl (C=O) groups is 2. The van der Waals surface area contributed by atoms with E-state index in [9.17, 15) is 18.0 Å². The Morgan fingerprint density at radius 3 is 2.04 bits per heavy atom. The number of sulfonamides is 1. The van der Waals surface area contributed by atoms with Crippen LogP contribution in [0.2, 0.25) is 20.1 Å². The van der Waals surface area contributed by atoms with E-state index >= 15 is 0 Å². The molecule has 4 rings (SSSR count). The lowest BCUT2D eigenvalue weighted by molar-refractivity contribution is -0.140. The second-order valence-corrected chi connectivity index (χ2v) is 14.3. The Labute approximate surface area is 290 Å². The first-order valence-electron chi connectivity index (χ1n) is 14.5. The Hall–Kier alpha value is -3.27. The second kappa shape index (κ2) is 16.0. The summed E-state index contributed by atoms with van der Waals surface area (Å²) in [6.45, 7) is 3.01. The number of hydrogen-bond acceptors (Lipinski definition) is 4. The fourth-order valence-corrected chi connectivity index (χ4v) is 7.09. The highest BCUT2D eigenvalue weighted by Crippen LogP contribution is 2.33. The molecule has 0 unspecified atom stereocenters. The maximum absolute atomic E-state index is 14.6. The van der Waals surface area contributed by atoms with Crippen molar-refractivity contribution in [2.75, 3.05) is 10.8 Å². The van der Waals surface area contributed by atoms with Crippen LogP contribution in [0.4, 0.5) is 5.69 Å². The summed E-state index contributed by atoms with van der Waals surface area (Å²) in [5.74, 6) is -1.06. The first-order chi connectivity index (χ1) is 21.9. The third-order valence-corrected chi connectivity index (χ3v) is 10.3. The maximum atomic E-state index is 14.6. The van der Waals surface area contributed by atoms with Gasteiger partial charge in [0, 0.05) is 34.1 Å². The van der Waals surface area contributed by atoms with Gasteiger partial charge in [-0.25, -0.2) is 8.42 Å². The highest BCUT2D eigenvalue weighted by Gasteiger charge is 2.36. The Morgan fingerprint density at radius 1 is 0.804 bits per heavy atom. The van der Waals surface area contributed by atoms with E-state index in [2.05, 4.69) is 5.32 Å². The van der Waals surface area contributed by atoms with Gasteiger partial charge in [0.2, 0.25) is 11.8 Å². The first kappa shape index (κ1) is 35.6. The number of hydrogen-bond donors (Lipinski definition) is 1. The first-order valence-corrected chi connectivity index (χ1v) is 17.5. The van der Waals surface area contributed by atoms with Crippen LogP contribution in [0.5, 0.6) is 0 Å². The van der Waals surface area contributed by atoms with Crippen molar-refractivity contribution in [2.45, 2.75) is 50.2 Å². The Balaban J connectivity index is 1.85. The molecule has 0 heterocycles. The van der Waals surface area contributed by atoms with Crippen LogP contribution in [-0.2, 0) is 32.6 Å². The monoisotopic (exact) mass is 719 g/mol. The van der Waals surface area contributed by atoms with E-state index < -0.39 is 34.4 Å². The van der Waals surface area contributed by atoms with Gasteiger partial charge in [-0.15, -0.1) is 0 Å². The number of halogens is 4. The number of nitrogens with one attached hydrogen (secondary N) is 1. The van der Waals surface area contributed by atoms with E-state index in [0.717, 1.165) is 9.87 Å². The topological polar surface area (TPSA) is 86.8 Å². The molecular weight excluding hydrogens is 688 g/mol. The molecule has 4 aromatic rings. The summed E-state index contributed by atoms with van der Waals surface area (Å²) in [6, 6.07) is 25.0. The van der Waals surface area contributed by atoms with E-state index in [4.69, 9.17) is 46.4 Å². The summed E-state index contributed by atoms with van der Waals surface area (Å²) in [5, 5.41) is 3.98. The van der Waals surface area contributed by atoms with Crippen LogP contribution in [-0.4, -0.2) is 43.8 Å². The van der Waals surface area contributed by atoms with Gasteiger partial charge < -0.3 is 10.2 Å². The van der Waals surface area contributed by atoms with Crippen LogP contribution < -0.4 is 9.62 Å². The molecule has 1 N–H and O–H groups in total. The lowest BCUT2D eigenvalue weighted by atomic mass is 10.0. The normalized spacial score (nSPS) is 12.7. The van der Waals surface area contributed by atoms with Crippen molar-refractivity contribution in [3.8, 4) is 0 Å². The van der Waals surface area contributed by atoms with Crippen LogP contribution in [0.15, 0.2) is 102 Å². The summed E-state index contributed by atoms with van der Waals surface area (Å²) in [5.41, 5.74) is 1.34. The van der Waals surface area contributed by atoms with E-state index in [1.54, 1.807) is 36.4 Å². The van der Waals surface area contributed by atoms with Crippen LogP contribution >= 0.6 is 46.4 Å². The zero-order valence-corrected chi connectivity index (χ0v) is 29.0. The minimum absolute atomic E-state index is 0.0134. The molecule has 46 heavy (non-hydrogen) atoms. The minimum atomic E-state index is -4.34. The number of amides is 2. The number of anilines is 1. The lowest BCUT2D eigenvalue weighted by Crippen LogP contribution is -2.54. The van der Waals surface area contributed by atoms with Gasteiger partial charge in [0.1, 0.15) is 12.6 Å². The average Bonchev–Trinajstić information content (AvgIpc) is 3.04. The fourth-order valence-electron chi connectivity index (χ4n) is 4.74. The summed E-state index contributed by atoms with van der Waals surface area (Å²) in [4.78, 5) is 29.8. The summed E-state index contributed by atoms with van der Waals surface area (Å²) in [7, 11) is -4.34. The molecule has 0 aliphatic carbocycles. The molecule has 0 fully saturated rings. The van der Waals surface area contributed by atoms with Gasteiger partial charge in [-0.3, -0.25) is 13.9 Å². The summed E-state index contributed by atoms with van der Waals surface area (Å²) >= 11 is 25.5. The number of benzene rings is 4. The highest BCUT2D eigenvalue weighted by molar-refractivity contribution is 7.92. The molecular formula is C34H33Cl4N3O4S. The Morgan fingerprint density at radius 2 is 1.41 bits per heavy atom. The molecule has 0 saturated carbocycles. The molecule has 7 nitrogen and oxygen atoms in total. The maximum Gasteiger partial charge on any atom is 0.264 e. The zero-order chi connectivity index (χ0) is 33.4. The van der Waals surface area contributed by atoms with Gasteiger partial charge in [0.05, 0.1) is 15.6 Å². The van der Waals surface area contributed by atoms with Gasteiger partial charge in [-0.2, -0.15) is 0 Å². The smallest absolute Gasteiger partial charge is 0.264 e. The van der Waals surface area contributed by atoms with Crippen molar-refractivity contribution in [3.63, 3.8) is 0 Å². The van der Waals surface area contributed by atoms with Crippen LogP contribution in [0.1, 0.15) is 31.4 Å². The van der Waals surface area contributed by atoms with Crippen molar-refractivity contribution >= 4 is 73.9 Å². The predicted octanol–water partition coefficient (Wildman–Crippen LogP) is 8.05. The number of rotatable bonds is 13. The van der Waals surface area contributed by atoms with E-state index in [0.29, 0.717) is 17.0 Å². The lowest BCUT2D eigenvalue weighted by Gasteiger charge is -2.34. The third kappa shape index (κ3) is 8.96. The quantitative estimate of drug-likeness (QED) is 0.152. The standard InChI is InChI=1S/C34H33Cl4N3O4S/c1-3-23(2)39-34(43)32(18-24-10-6-4-7-11-24)40(21-25-14-15-26(35)19-30(25)38)33(42)22-41(31-20-27(36)16-17-29(31)37)46(44,45)28-12-8-5-9-13-28/h4-17,19-20,23,32H,3,18,21-22H2,1-2H3,(H,39,43)/t23-,32-/m0/s1. The molecule has 2 amide bonds. The summed E-state index contributed by atoms with van der Waals surface area (Å²) < 4.78 is 29.2. The molecule has 242 valence electrons. The van der Waals surface area contributed by atoms with Crippen molar-refractivity contribution in [2.24, 2.45) is 0 Å². The molecule has 0 bridgehead atoms. The average molecular weight is 722 g/mol. The van der Waals surface area contributed by atoms with E-state index in [1.807, 2.05) is 44.2 Å². The van der Waals surface area contributed by atoms with Gasteiger partial charge in [0.15, 0.2) is 0 Å².